The lowest BCUT2D eigenvalue weighted by atomic mass is 9.93. The fourth-order valence-corrected chi connectivity index (χ4v) is 6.09. The van der Waals surface area contributed by atoms with E-state index in [4.69, 9.17) is 38.4 Å². The number of aromatic nitrogens is 4. The Labute approximate surface area is 254 Å². The molecule has 16 heteroatoms. The zero-order valence-corrected chi connectivity index (χ0v) is 25.1. The van der Waals surface area contributed by atoms with Crippen LogP contribution in [-0.4, -0.2) is 57.3 Å². The van der Waals surface area contributed by atoms with Gasteiger partial charge in [0.2, 0.25) is 0 Å². The molecule has 1 unspecified atom stereocenters. The number of hydrogen-bond donors (Lipinski definition) is 1. The number of anilines is 2. The van der Waals surface area contributed by atoms with E-state index in [1.165, 1.54) is 7.11 Å². The number of ether oxygens (including phenoxy) is 2. The van der Waals surface area contributed by atoms with Gasteiger partial charge in [0.05, 0.1) is 59.0 Å². The molecule has 2 aliphatic rings. The summed E-state index contributed by atoms with van der Waals surface area (Å²) in [6.07, 6.45) is -5.95. The summed E-state index contributed by atoms with van der Waals surface area (Å²) >= 11 is 12.6. The van der Waals surface area contributed by atoms with Crippen LogP contribution in [0.2, 0.25) is 10.0 Å². The number of amides is 1. The highest BCUT2D eigenvalue weighted by Gasteiger charge is 2.42. The molecule has 2 N–H and O–H groups in total. The second-order valence-corrected chi connectivity index (χ2v) is 10.9. The van der Waals surface area contributed by atoms with Gasteiger partial charge in [0.1, 0.15) is 5.82 Å². The maximum atomic E-state index is 15.1. The number of nitrogens with zero attached hydrogens (tertiary/aromatic N) is 6. The van der Waals surface area contributed by atoms with Gasteiger partial charge in [-0.05, 0) is 26.3 Å². The SMILES string of the molecule is CCN(CC)C(=O)c1nn2c(c1Cl)CN(c1nc(OC)nc3c1COC(c1c(F)c(N)cc(Cl)c1C(F)(F)F)C3)CCC2. The zero-order chi connectivity index (χ0) is 31.2. The molecule has 0 aliphatic carbocycles. The molecular formula is C27H29Cl2F4N7O3. The van der Waals surface area contributed by atoms with E-state index >= 15 is 4.39 Å². The minimum Gasteiger partial charge on any atom is -0.467 e. The Kier molecular flexibility index (Phi) is 8.65. The number of methoxy groups -OCH3 is 1. The average molecular weight is 646 g/mol. The lowest BCUT2D eigenvalue weighted by Crippen LogP contribution is -2.31. The van der Waals surface area contributed by atoms with Gasteiger partial charge < -0.3 is 25.0 Å². The maximum Gasteiger partial charge on any atom is 0.418 e. The molecule has 0 spiro atoms. The molecule has 2 aliphatic heterocycles. The average Bonchev–Trinajstić information content (AvgIpc) is 3.12. The maximum absolute atomic E-state index is 15.1. The molecule has 0 saturated carbocycles. The quantitative estimate of drug-likeness (QED) is 0.279. The van der Waals surface area contributed by atoms with Crippen LogP contribution in [0, 0.1) is 5.82 Å². The summed E-state index contributed by atoms with van der Waals surface area (Å²) in [5.41, 5.74) is 4.60. The van der Waals surface area contributed by atoms with E-state index in [1.807, 2.05) is 18.7 Å². The van der Waals surface area contributed by atoms with Crippen LogP contribution in [0.4, 0.5) is 29.1 Å². The summed E-state index contributed by atoms with van der Waals surface area (Å²) in [6, 6.07) is 0.706. The number of carbonyl (C=O) groups is 1. The number of benzene rings is 1. The lowest BCUT2D eigenvalue weighted by molar-refractivity contribution is -0.140. The largest absolute Gasteiger partial charge is 0.467 e. The summed E-state index contributed by atoms with van der Waals surface area (Å²) in [5, 5.41) is 4.02. The minimum absolute atomic E-state index is 0.0298. The van der Waals surface area contributed by atoms with Gasteiger partial charge in [-0.1, -0.05) is 23.2 Å². The smallest absolute Gasteiger partial charge is 0.418 e. The third-order valence-electron chi connectivity index (χ3n) is 7.61. The van der Waals surface area contributed by atoms with Crippen molar-refractivity contribution in [2.45, 2.75) is 58.7 Å². The van der Waals surface area contributed by atoms with Crippen LogP contribution in [0.5, 0.6) is 6.01 Å². The third-order valence-corrected chi connectivity index (χ3v) is 8.31. The topological polar surface area (TPSA) is 112 Å². The first kappa shape index (κ1) is 31.1. The van der Waals surface area contributed by atoms with Crippen LogP contribution < -0.4 is 15.4 Å². The van der Waals surface area contributed by atoms with E-state index in [9.17, 15) is 18.0 Å². The van der Waals surface area contributed by atoms with Crippen LogP contribution in [0.15, 0.2) is 6.07 Å². The summed E-state index contributed by atoms with van der Waals surface area (Å²) in [7, 11) is 1.36. The number of hydrogen-bond acceptors (Lipinski definition) is 8. The van der Waals surface area contributed by atoms with Gasteiger partial charge >= 0.3 is 12.2 Å². The number of fused-ring (bicyclic) bond motifs is 2. The van der Waals surface area contributed by atoms with E-state index < -0.39 is 39.9 Å². The molecule has 1 atom stereocenters. The first-order valence-corrected chi connectivity index (χ1v) is 14.3. The lowest BCUT2D eigenvalue weighted by Gasteiger charge is -2.31. The number of carbonyl (C=O) groups excluding carboxylic acids is 1. The monoisotopic (exact) mass is 645 g/mol. The minimum atomic E-state index is -4.96. The summed E-state index contributed by atoms with van der Waals surface area (Å²) in [5.74, 6) is -1.10. The predicted molar refractivity (Wildman–Crippen MR) is 151 cm³/mol. The fraction of sp³-hybridized carbons (Fsp3) is 0.481. The normalized spacial score (nSPS) is 16.9. The number of halogens is 6. The highest BCUT2D eigenvalue weighted by atomic mass is 35.5. The molecule has 10 nitrogen and oxygen atoms in total. The van der Waals surface area contributed by atoms with Crippen molar-refractivity contribution < 1.29 is 31.8 Å². The summed E-state index contributed by atoms with van der Waals surface area (Å²) in [6.45, 7) is 5.76. The molecular weight excluding hydrogens is 617 g/mol. The molecule has 0 fully saturated rings. The number of nitrogens with two attached hydrogens (primary N) is 1. The second kappa shape index (κ2) is 12.0. The Morgan fingerprint density at radius 2 is 1.95 bits per heavy atom. The van der Waals surface area contributed by atoms with Crippen molar-refractivity contribution in [2.24, 2.45) is 0 Å². The van der Waals surface area contributed by atoms with Gasteiger partial charge in [-0.3, -0.25) is 9.48 Å². The third kappa shape index (κ3) is 5.67. The van der Waals surface area contributed by atoms with Crippen LogP contribution in [0.1, 0.15) is 64.9 Å². The molecule has 0 radical (unpaired) electrons. The molecule has 1 aromatic carbocycles. The van der Waals surface area contributed by atoms with E-state index in [1.54, 1.807) is 9.58 Å². The van der Waals surface area contributed by atoms with Crippen LogP contribution in [0.25, 0.3) is 0 Å². The van der Waals surface area contributed by atoms with E-state index in [-0.39, 0.29) is 42.2 Å². The summed E-state index contributed by atoms with van der Waals surface area (Å²) in [4.78, 5) is 25.5. The molecule has 232 valence electrons. The van der Waals surface area contributed by atoms with E-state index in [0.717, 1.165) is 6.07 Å². The van der Waals surface area contributed by atoms with Gasteiger partial charge in [0, 0.05) is 43.7 Å². The van der Waals surface area contributed by atoms with Crippen molar-refractivity contribution in [2.75, 3.05) is 37.4 Å². The highest BCUT2D eigenvalue weighted by Crippen LogP contribution is 2.46. The fourth-order valence-electron chi connectivity index (χ4n) is 5.49. The second-order valence-electron chi connectivity index (χ2n) is 10.1. The standard InChI is InChI=1S/C27H29Cl2F4N7O3/c1-4-38(5-2)25(41)23-21(29)17-11-39(7-6-8-40(17)37-23)24-13-12-43-18(10-16(13)35-26(36-24)42-3)19-20(27(31,32)33)14(28)9-15(34)22(19)30/h9,18H,4-8,10-12,34H2,1-3H3. The predicted octanol–water partition coefficient (Wildman–Crippen LogP) is 5.43. The van der Waals surface area contributed by atoms with Crippen molar-refractivity contribution in [3.8, 4) is 6.01 Å². The van der Waals surface area contributed by atoms with Gasteiger partial charge in [-0.2, -0.15) is 28.2 Å². The molecule has 43 heavy (non-hydrogen) atoms. The molecule has 4 heterocycles. The Balaban J connectivity index is 1.53. The molecule has 0 bridgehead atoms. The number of aryl methyl sites for hydroxylation is 1. The first-order valence-electron chi connectivity index (χ1n) is 13.6. The van der Waals surface area contributed by atoms with Gasteiger partial charge in [-0.15, -0.1) is 0 Å². The van der Waals surface area contributed by atoms with Gasteiger partial charge in [0.25, 0.3) is 5.91 Å². The van der Waals surface area contributed by atoms with E-state index in [0.29, 0.717) is 55.4 Å². The van der Waals surface area contributed by atoms with Crippen molar-refractivity contribution in [1.82, 2.24) is 24.6 Å². The Morgan fingerprint density at radius 1 is 1.23 bits per heavy atom. The molecule has 1 amide bonds. The van der Waals surface area contributed by atoms with Crippen LogP contribution in [0.3, 0.4) is 0 Å². The zero-order valence-electron chi connectivity index (χ0n) is 23.6. The molecule has 0 saturated heterocycles. The van der Waals surface area contributed by atoms with Crippen LogP contribution in [-0.2, 0) is 37.0 Å². The van der Waals surface area contributed by atoms with Crippen molar-refractivity contribution >= 4 is 40.6 Å². The van der Waals surface area contributed by atoms with Gasteiger partial charge in [0.15, 0.2) is 11.5 Å². The molecule has 2 aromatic heterocycles. The Bertz CT molecular complexity index is 1560. The van der Waals surface area contributed by atoms with Gasteiger partial charge in [-0.25, -0.2) is 4.39 Å². The van der Waals surface area contributed by atoms with Crippen molar-refractivity contribution in [1.29, 1.82) is 0 Å². The van der Waals surface area contributed by atoms with Crippen molar-refractivity contribution in [3.63, 3.8) is 0 Å². The Morgan fingerprint density at radius 3 is 2.60 bits per heavy atom. The number of rotatable bonds is 6. The van der Waals surface area contributed by atoms with Crippen LogP contribution >= 0.6 is 23.2 Å². The van der Waals surface area contributed by atoms with Crippen molar-refractivity contribution in [3.05, 3.63) is 55.7 Å². The number of nitrogen functional groups attached to an aromatic ring is 1. The summed E-state index contributed by atoms with van der Waals surface area (Å²) < 4.78 is 70.0. The number of alkyl halides is 3. The first-order chi connectivity index (χ1) is 20.4. The molecule has 3 aromatic rings. The van der Waals surface area contributed by atoms with E-state index in [2.05, 4.69) is 15.1 Å². The highest BCUT2D eigenvalue weighted by molar-refractivity contribution is 6.34. The Hall–Kier alpha value is -3.36. The molecule has 5 rings (SSSR count).